The van der Waals surface area contributed by atoms with Gasteiger partial charge in [-0.15, -0.1) is 5.10 Å². The lowest BCUT2D eigenvalue weighted by atomic mass is 10.1. The Balaban J connectivity index is 1.57. The Kier molecular flexibility index (Phi) is 5.51. The summed E-state index contributed by atoms with van der Waals surface area (Å²) in [5.74, 6) is 1.48. The Bertz CT molecular complexity index is 1320. The summed E-state index contributed by atoms with van der Waals surface area (Å²) in [6.07, 6.45) is 6.53. The number of halogens is 1. The van der Waals surface area contributed by atoms with Crippen LogP contribution in [-0.4, -0.2) is 66.6 Å². The lowest BCUT2D eigenvalue weighted by Gasteiger charge is -2.34. The highest BCUT2D eigenvalue weighted by Gasteiger charge is 2.28. The number of hydrogen-bond donors (Lipinski definition) is 0. The van der Waals surface area contributed by atoms with Crippen molar-refractivity contribution in [3.8, 4) is 22.8 Å². The third-order valence-electron chi connectivity index (χ3n) is 6.63. The predicted octanol–water partition coefficient (Wildman–Crippen LogP) is 3.57. The van der Waals surface area contributed by atoms with Crippen molar-refractivity contribution in [3.63, 3.8) is 0 Å². The molecule has 11 heteroatoms. The van der Waals surface area contributed by atoms with Crippen molar-refractivity contribution in [1.82, 2.24) is 34.2 Å². The predicted molar refractivity (Wildman–Crippen MR) is 128 cm³/mol. The van der Waals surface area contributed by atoms with Gasteiger partial charge in [0.15, 0.2) is 23.0 Å². The molecular formula is C23H27ClN8O2. The Hall–Kier alpha value is -2.95. The van der Waals surface area contributed by atoms with Crippen LogP contribution in [0.5, 0.6) is 0 Å². The van der Waals surface area contributed by atoms with Crippen LogP contribution >= 0.6 is 11.6 Å². The van der Waals surface area contributed by atoms with Gasteiger partial charge in [-0.25, -0.2) is 14.2 Å². The number of imidazole rings is 1. The maximum Gasteiger partial charge on any atom is 0.181 e. The molecule has 4 aromatic heterocycles. The lowest BCUT2D eigenvalue weighted by Crippen LogP contribution is -2.44. The summed E-state index contributed by atoms with van der Waals surface area (Å²) in [7, 11) is 1.92. The molecule has 0 saturated carbocycles. The van der Waals surface area contributed by atoms with Crippen LogP contribution in [0.2, 0.25) is 5.15 Å². The van der Waals surface area contributed by atoms with Gasteiger partial charge in [0, 0.05) is 38.2 Å². The van der Waals surface area contributed by atoms with Crippen LogP contribution in [0, 0.1) is 0 Å². The molecule has 4 aromatic rings. The SMILES string of the molecule is C[C@@H]1COCCN1c1cc(-c2ccnn2C)c2c(Cl)nc(-c3ccnn3C3CCCCO3)n2n1. The molecule has 1 unspecified atom stereocenters. The first-order chi connectivity index (χ1) is 16.6. The first-order valence-corrected chi connectivity index (χ1v) is 12.1. The number of morpholine rings is 1. The fourth-order valence-corrected chi connectivity index (χ4v) is 5.14. The molecule has 0 radical (unpaired) electrons. The summed E-state index contributed by atoms with van der Waals surface area (Å²) in [5.41, 5.74) is 3.42. The quantitative estimate of drug-likeness (QED) is 0.439. The molecule has 10 nitrogen and oxygen atoms in total. The number of aromatic nitrogens is 7. The normalized spacial score (nSPS) is 21.4. The van der Waals surface area contributed by atoms with Gasteiger partial charge in [0.05, 0.1) is 24.9 Å². The van der Waals surface area contributed by atoms with Crippen LogP contribution in [0.25, 0.3) is 28.3 Å². The summed E-state index contributed by atoms with van der Waals surface area (Å²) in [6.45, 7) is 4.95. The molecule has 2 saturated heterocycles. The van der Waals surface area contributed by atoms with Crippen molar-refractivity contribution in [3.05, 3.63) is 35.7 Å². The van der Waals surface area contributed by atoms with E-state index in [2.05, 4.69) is 28.1 Å². The summed E-state index contributed by atoms with van der Waals surface area (Å²) >= 11 is 6.78. The van der Waals surface area contributed by atoms with E-state index < -0.39 is 0 Å². The number of hydrogen-bond acceptors (Lipinski definition) is 7. The average Bonchev–Trinajstić information content (AvgIpc) is 3.58. The standard InChI is InChI=1S/C23H27ClN8O2/c1-15-14-33-12-10-30(15)19-13-16(17-6-8-25-29(17)2)21-22(24)27-23(32(21)28-19)18-7-9-26-31(18)20-5-3-4-11-34-20/h6-9,13,15,20H,3-5,10-12,14H2,1-2H3/t15-,20?/m1/s1. The molecule has 34 heavy (non-hydrogen) atoms. The van der Waals surface area contributed by atoms with E-state index in [9.17, 15) is 0 Å². The fourth-order valence-electron chi connectivity index (χ4n) is 4.88. The molecule has 2 aliphatic rings. The van der Waals surface area contributed by atoms with Gasteiger partial charge < -0.3 is 14.4 Å². The van der Waals surface area contributed by atoms with E-state index in [1.165, 1.54) is 0 Å². The second-order valence-corrected chi connectivity index (χ2v) is 9.20. The topological polar surface area (TPSA) is 87.5 Å². The Morgan fingerprint density at radius 1 is 1.09 bits per heavy atom. The summed E-state index contributed by atoms with van der Waals surface area (Å²) < 4.78 is 17.3. The Morgan fingerprint density at radius 2 is 1.94 bits per heavy atom. The Labute approximate surface area is 202 Å². The van der Waals surface area contributed by atoms with Crippen LogP contribution in [0.3, 0.4) is 0 Å². The maximum atomic E-state index is 6.78. The van der Waals surface area contributed by atoms with Gasteiger partial charge in [-0.3, -0.25) is 4.68 Å². The van der Waals surface area contributed by atoms with Gasteiger partial charge in [-0.1, -0.05) is 11.6 Å². The van der Waals surface area contributed by atoms with Gasteiger partial charge >= 0.3 is 0 Å². The van der Waals surface area contributed by atoms with Crippen molar-refractivity contribution < 1.29 is 9.47 Å². The molecule has 0 bridgehead atoms. The number of nitrogens with zero attached hydrogens (tertiary/aromatic N) is 8. The van der Waals surface area contributed by atoms with Gasteiger partial charge in [0.25, 0.3) is 0 Å². The van der Waals surface area contributed by atoms with E-state index in [0.717, 1.165) is 60.7 Å². The zero-order valence-electron chi connectivity index (χ0n) is 19.3. The minimum Gasteiger partial charge on any atom is -0.377 e. The molecule has 0 N–H and O–H groups in total. The fraction of sp³-hybridized carbons (Fsp3) is 0.478. The summed E-state index contributed by atoms with van der Waals surface area (Å²) in [4.78, 5) is 7.04. The molecule has 2 fully saturated rings. The molecule has 6 heterocycles. The highest BCUT2D eigenvalue weighted by Crippen LogP contribution is 2.36. The van der Waals surface area contributed by atoms with Crippen LogP contribution in [0.4, 0.5) is 5.82 Å². The van der Waals surface area contributed by atoms with Gasteiger partial charge in [0.1, 0.15) is 11.2 Å². The van der Waals surface area contributed by atoms with Crippen LogP contribution in [0.15, 0.2) is 30.6 Å². The second kappa shape index (κ2) is 8.68. The van der Waals surface area contributed by atoms with Crippen molar-refractivity contribution in [1.29, 1.82) is 0 Å². The highest BCUT2D eigenvalue weighted by atomic mass is 35.5. The third kappa shape index (κ3) is 3.57. The highest BCUT2D eigenvalue weighted by molar-refractivity contribution is 6.33. The molecule has 2 atom stereocenters. The zero-order chi connectivity index (χ0) is 23.2. The Morgan fingerprint density at radius 3 is 2.71 bits per heavy atom. The third-order valence-corrected chi connectivity index (χ3v) is 6.89. The smallest absolute Gasteiger partial charge is 0.181 e. The average molecular weight is 483 g/mol. The van der Waals surface area contributed by atoms with E-state index in [4.69, 9.17) is 31.2 Å². The molecule has 2 aliphatic heterocycles. The molecule has 0 amide bonds. The number of anilines is 1. The molecule has 6 rings (SSSR count). The van der Waals surface area contributed by atoms with E-state index in [1.807, 2.05) is 33.1 Å². The summed E-state index contributed by atoms with van der Waals surface area (Å²) in [5, 5.41) is 14.4. The number of ether oxygens (including phenoxy) is 2. The zero-order valence-corrected chi connectivity index (χ0v) is 20.0. The van der Waals surface area contributed by atoms with Gasteiger partial charge in [-0.05, 0) is 44.4 Å². The van der Waals surface area contributed by atoms with Gasteiger partial charge in [0.2, 0.25) is 0 Å². The molecule has 0 aliphatic carbocycles. The lowest BCUT2D eigenvalue weighted by molar-refractivity contribution is -0.0384. The van der Waals surface area contributed by atoms with Crippen molar-refractivity contribution in [2.45, 2.75) is 38.5 Å². The first kappa shape index (κ1) is 21.6. The second-order valence-electron chi connectivity index (χ2n) is 8.84. The molecule has 0 aromatic carbocycles. The van der Waals surface area contributed by atoms with Crippen molar-refractivity contribution in [2.75, 3.05) is 31.3 Å². The summed E-state index contributed by atoms with van der Waals surface area (Å²) in [6, 6.07) is 6.19. The van der Waals surface area contributed by atoms with E-state index >= 15 is 0 Å². The van der Waals surface area contributed by atoms with E-state index in [-0.39, 0.29) is 12.3 Å². The van der Waals surface area contributed by atoms with Gasteiger partial charge in [-0.2, -0.15) is 10.2 Å². The van der Waals surface area contributed by atoms with Crippen LogP contribution in [-0.2, 0) is 16.5 Å². The molecule has 178 valence electrons. The molecular weight excluding hydrogens is 456 g/mol. The number of fused-ring (bicyclic) bond motifs is 1. The van der Waals surface area contributed by atoms with E-state index in [1.54, 1.807) is 12.4 Å². The van der Waals surface area contributed by atoms with E-state index in [0.29, 0.717) is 24.2 Å². The van der Waals surface area contributed by atoms with Crippen LogP contribution < -0.4 is 4.90 Å². The minimum absolute atomic E-state index is 0.121. The number of rotatable bonds is 4. The molecule has 0 spiro atoms. The monoisotopic (exact) mass is 482 g/mol. The first-order valence-electron chi connectivity index (χ1n) is 11.7. The van der Waals surface area contributed by atoms with Crippen molar-refractivity contribution in [2.24, 2.45) is 7.05 Å². The van der Waals surface area contributed by atoms with Crippen molar-refractivity contribution >= 4 is 22.9 Å². The minimum atomic E-state index is -0.121. The number of aryl methyl sites for hydroxylation is 1. The largest absolute Gasteiger partial charge is 0.377 e. The maximum absolute atomic E-state index is 6.78. The van der Waals surface area contributed by atoms with Crippen LogP contribution in [0.1, 0.15) is 32.4 Å².